The average molecular weight is 422 g/mol. The minimum Gasteiger partial charge on any atom is -0.493 e. The Morgan fingerprint density at radius 3 is 2.66 bits per heavy atom. The molecule has 0 spiro atoms. The Bertz CT molecular complexity index is 918. The number of carbonyl (C=O) groups excluding carboxylic acids is 2. The third-order valence-electron chi connectivity index (χ3n) is 3.41. The van der Waals surface area contributed by atoms with Gasteiger partial charge in [0.25, 0.3) is 5.91 Å². The summed E-state index contributed by atoms with van der Waals surface area (Å²) in [5.74, 6) is -2.02. The number of hydrogen-bond acceptors (Lipinski definition) is 7. The quantitative estimate of drug-likeness (QED) is 0.486. The molecule has 0 atom stereocenters. The summed E-state index contributed by atoms with van der Waals surface area (Å²) in [4.78, 5) is 25.1. The van der Waals surface area contributed by atoms with Crippen LogP contribution in [0.25, 0.3) is 0 Å². The molecule has 0 aliphatic rings. The van der Waals surface area contributed by atoms with Crippen molar-refractivity contribution in [3.8, 4) is 17.6 Å². The van der Waals surface area contributed by atoms with Crippen LogP contribution in [0.15, 0.2) is 47.4 Å². The third-order valence-corrected chi connectivity index (χ3v) is 4.35. The van der Waals surface area contributed by atoms with Crippen molar-refractivity contribution in [1.82, 2.24) is 0 Å². The first-order chi connectivity index (χ1) is 14.0. The Kier molecular flexibility index (Phi) is 8.24. The molecule has 10 heteroatoms. The van der Waals surface area contributed by atoms with E-state index in [0.29, 0.717) is 10.6 Å². The smallest absolute Gasteiger partial charge is 0.387 e. The number of alkyl halides is 2. The van der Waals surface area contributed by atoms with Gasteiger partial charge in [-0.05, 0) is 24.3 Å². The van der Waals surface area contributed by atoms with Gasteiger partial charge in [-0.3, -0.25) is 4.79 Å². The fourth-order valence-electron chi connectivity index (χ4n) is 2.25. The molecule has 0 saturated heterocycles. The van der Waals surface area contributed by atoms with Gasteiger partial charge in [0.15, 0.2) is 18.1 Å². The molecule has 0 aliphatic carbocycles. The molecule has 0 aromatic heterocycles. The van der Waals surface area contributed by atoms with Crippen LogP contribution in [0.4, 0.5) is 14.5 Å². The molecule has 0 fully saturated rings. The molecule has 152 valence electrons. The minimum absolute atomic E-state index is 0.0763. The largest absolute Gasteiger partial charge is 0.493 e. The maximum atomic E-state index is 12.6. The minimum atomic E-state index is -3.18. The summed E-state index contributed by atoms with van der Waals surface area (Å²) >= 11 is 1.24. The third kappa shape index (κ3) is 6.36. The highest BCUT2D eigenvalue weighted by molar-refractivity contribution is 7.99. The van der Waals surface area contributed by atoms with E-state index in [2.05, 4.69) is 10.1 Å². The van der Waals surface area contributed by atoms with E-state index >= 15 is 0 Å². The number of anilines is 1. The van der Waals surface area contributed by atoms with Gasteiger partial charge in [-0.2, -0.15) is 14.0 Å². The van der Waals surface area contributed by atoms with Crippen molar-refractivity contribution in [2.24, 2.45) is 0 Å². The predicted octanol–water partition coefficient (Wildman–Crippen LogP) is 3.71. The number of nitrogens with zero attached hydrogens (tertiary/aromatic N) is 1. The average Bonchev–Trinajstić information content (AvgIpc) is 2.71. The van der Waals surface area contributed by atoms with E-state index in [1.807, 2.05) is 6.07 Å². The lowest BCUT2D eigenvalue weighted by Gasteiger charge is -2.14. The van der Waals surface area contributed by atoms with Crippen LogP contribution in [0.3, 0.4) is 0 Å². The molecule has 0 heterocycles. The van der Waals surface area contributed by atoms with Gasteiger partial charge in [0.2, 0.25) is 0 Å². The van der Waals surface area contributed by atoms with Crippen molar-refractivity contribution in [3.05, 3.63) is 48.0 Å². The number of halogens is 2. The van der Waals surface area contributed by atoms with E-state index in [4.69, 9.17) is 14.7 Å². The molecular weight excluding hydrogens is 406 g/mol. The van der Waals surface area contributed by atoms with Gasteiger partial charge < -0.3 is 19.5 Å². The zero-order chi connectivity index (χ0) is 21.2. The summed E-state index contributed by atoms with van der Waals surface area (Å²) in [6.45, 7) is -3.83. The van der Waals surface area contributed by atoms with Gasteiger partial charge in [-0.25, -0.2) is 4.79 Å². The standard InChI is InChI=1S/C19H16F2N2O5S/c1-26-14-7-4-5-12(17(14)28-19(20)21)18(25)27-11-16(24)23-13-6-2-3-8-15(13)29-10-9-22/h2-8,19H,10-11H2,1H3,(H,23,24). The number of benzene rings is 2. The van der Waals surface area contributed by atoms with Crippen molar-refractivity contribution in [2.75, 3.05) is 24.8 Å². The SMILES string of the molecule is COc1cccc(C(=O)OCC(=O)Nc2ccccc2SCC#N)c1OC(F)F. The lowest BCUT2D eigenvalue weighted by atomic mass is 10.2. The molecule has 2 aromatic carbocycles. The molecule has 7 nitrogen and oxygen atoms in total. The van der Waals surface area contributed by atoms with Crippen LogP contribution in [0.2, 0.25) is 0 Å². The van der Waals surface area contributed by atoms with Crippen LogP contribution < -0.4 is 14.8 Å². The fraction of sp³-hybridized carbons (Fsp3) is 0.211. The van der Waals surface area contributed by atoms with E-state index in [9.17, 15) is 18.4 Å². The van der Waals surface area contributed by atoms with Gasteiger partial charge in [-0.15, -0.1) is 11.8 Å². The summed E-state index contributed by atoms with van der Waals surface area (Å²) in [6, 6.07) is 12.8. The van der Waals surface area contributed by atoms with E-state index < -0.39 is 30.8 Å². The summed E-state index contributed by atoms with van der Waals surface area (Å²) < 4.78 is 39.5. The molecule has 2 rings (SSSR count). The molecule has 1 amide bonds. The van der Waals surface area contributed by atoms with Crippen molar-refractivity contribution in [1.29, 1.82) is 5.26 Å². The number of rotatable bonds is 9. The van der Waals surface area contributed by atoms with Crippen LogP contribution in [-0.4, -0.2) is 38.0 Å². The molecule has 0 bridgehead atoms. The van der Waals surface area contributed by atoms with Crippen molar-refractivity contribution >= 4 is 29.3 Å². The van der Waals surface area contributed by atoms with Gasteiger partial charge in [-0.1, -0.05) is 18.2 Å². The number of carbonyl (C=O) groups is 2. The Labute approximate surface area is 169 Å². The van der Waals surface area contributed by atoms with Crippen LogP contribution in [0.1, 0.15) is 10.4 Å². The molecule has 0 radical (unpaired) electrons. The van der Waals surface area contributed by atoms with E-state index in [-0.39, 0.29) is 17.1 Å². The molecule has 2 aromatic rings. The van der Waals surface area contributed by atoms with Crippen molar-refractivity contribution in [2.45, 2.75) is 11.5 Å². The molecule has 29 heavy (non-hydrogen) atoms. The van der Waals surface area contributed by atoms with Gasteiger partial charge >= 0.3 is 12.6 Å². The molecule has 1 N–H and O–H groups in total. The van der Waals surface area contributed by atoms with Crippen LogP contribution in [0, 0.1) is 11.3 Å². The predicted molar refractivity (Wildman–Crippen MR) is 101 cm³/mol. The monoisotopic (exact) mass is 422 g/mol. The van der Waals surface area contributed by atoms with Crippen LogP contribution in [-0.2, 0) is 9.53 Å². The highest BCUT2D eigenvalue weighted by atomic mass is 32.2. The summed E-state index contributed by atoms with van der Waals surface area (Å²) in [7, 11) is 1.23. The maximum absolute atomic E-state index is 12.6. The lowest BCUT2D eigenvalue weighted by Crippen LogP contribution is -2.21. The first kappa shape index (κ1) is 22.0. The summed E-state index contributed by atoms with van der Waals surface area (Å²) in [5, 5.41) is 11.3. The number of hydrogen-bond donors (Lipinski definition) is 1. The Hall–Kier alpha value is -3.32. The summed E-state index contributed by atoms with van der Waals surface area (Å²) in [6.07, 6.45) is 0. The second kappa shape index (κ2) is 10.9. The lowest BCUT2D eigenvalue weighted by molar-refractivity contribution is -0.119. The van der Waals surface area contributed by atoms with Crippen molar-refractivity contribution < 1.29 is 32.6 Å². The number of methoxy groups -OCH3 is 1. The zero-order valence-electron chi connectivity index (χ0n) is 15.2. The topological polar surface area (TPSA) is 97.6 Å². The van der Waals surface area contributed by atoms with E-state index in [1.54, 1.807) is 24.3 Å². The van der Waals surface area contributed by atoms with E-state index in [1.165, 1.54) is 37.1 Å². The Morgan fingerprint density at radius 2 is 1.97 bits per heavy atom. The first-order valence-electron chi connectivity index (χ1n) is 8.13. The van der Waals surface area contributed by atoms with E-state index in [0.717, 1.165) is 0 Å². The maximum Gasteiger partial charge on any atom is 0.387 e. The second-order valence-electron chi connectivity index (χ2n) is 5.28. The molecular formula is C19H16F2N2O5S. The number of nitriles is 1. The van der Waals surface area contributed by atoms with Gasteiger partial charge in [0.1, 0.15) is 5.56 Å². The number of esters is 1. The van der Waals surface area contributed by atoms with Crippen LogP contribution >= 0.6 is 11.8 Å². The molecule has 0 saturated carbocycles. The molecule has 0 unspecified atom stereocenters. The number of nitrogens with one attached hydrogen (secondary N) is 1. The molecule has 0 aliphatic heterocycles. The summed E-state index contributed by atoms with van der Waals surface area (Å²) in [5.41, 5.74) is 0.152. The zero-order valence-corrected chi connectivity index (χ0v) is 16.0. The Balaban J connectivity index is 2.05. The van der Waals surface area contributed by atoms with Gasteiger partial charge in [0, 0.05) is 4.90 Å². The number of thioether (sulfide) groups is 1. The second-order valence-corrected chi connectivity index (χ2v) is 6.30. The van der Waals surface area contributed by atoms with Gasteiger partial charge in [0.05, 0.1) is 24.6 Å². The normalized spacial score (nSPS) is 10.2. The highest BCUT2D eigenvalue weighted by Crippen LogP contribution is 2.33. The van der Waals surface area contributed by atoms with Crippen LogP contribution in [0.5, 0.6) is 11.5 Å². The Morgan fingerprint density at radius 1 is 1.21 bits per heavy atom. The van der Waals surface area contributed by atoms with Crippen molar-refractivity contribution in [3.63, 3.8) is 0 Å². The highest BCUT2D eigenvalue weighted by Gasteiger charge is 2.22. The first-order valence-corrected chi connectivity index (χ1v) is 9.12. The number of amides is 1. The number of para-hydroxylation sites is 2. The number of ether oxygens (including phenoxy) is 3. The fourth-order valence-corrected chi connectivity index (χ4v) is 2.92.